The van der Waals surface area contributed by atoms with Gasteiger partial charge >= 0.3 is 0 Å². The molecule has 1 aromatic carbocycles. The van der Waals surface area contributed by atoms with Crippen LogP contribution in [0.4, 0.5) is 0 Å². The summed E-state index contributed by atoms with van der Waals surface area (Å²) in [7, 11) is 1.91. The first-order valence-corrected chi connectivity index (χ1v) is 7.76. The van der Waals surface area contributed by atoms with Crippen LogP contribution < -0.4 is 4.74 Å². The van der Waals surface area contributed by atoms with Crippen LogP contribution >= 0.6 is 11.6 Å². The molecule has 1 N–H and O–H groups in total. The molecular weight excluding hydrogens is 312 g/mol. The van der Waals surface area contributed by atoms with Crippen molar-refractivity contribution in [2.45, 2.75) is 20.8 Å². The van der Waals surface area contributed by atoms with Crippen molar-refractivity contribution in [3.05, 3.63) is 40.6 Å². The summed E-state index contributed by atoms with van der Waals surface area (Å²) in [6.07, 6.45) is 0. The molecule has 0 bridgehead atoms. The van der Waals surface area contributed by atoms with Crippen LogP contribution in [0.1, 0.15) is 17.3 Å². The van der Waals surface area contributed by atoms with Gasteiger partial charge < -0.3 is 4.98 Å². The second-order valence-corrected chi connectivity index (χ2v) is 6.13. The molecule has 6 heteroatoms. The number of hydrogen-bond donors (Lipinski definition) is 1. The number of aryl methyl sites for hydroxylation is 3. The Labute approximate surface area is 137 Å². The number of H-pyrrole nitrogens is 1. The van der Waals surface area contributed by atoms with Crippen molar-refractivity contribution in [2.24, 2.45) is 7.05 Å². The Bertz CT molecular complexity index is 1080. The second-order valence-electron chi connectivity index (χ2n) is 5.78. The first-order chi connectivity index (χ1) is 11.0. The Balaban J connectivity index is 2.02. The van der Waals surface area contributed by atoms with Crippen LogP contribution in [0, 0.1) is 20.8 Å². The Morgan fingerprint density at radius 3 is 2.65 bits per heavy atom. The molecule has 116 valence electrons. The van der Waals surface area contributed by atoms with Crippen molar-refractivity contribution in [2.75, 3.05) is 0 Å². The fourth-order valence-corrected chi connectivity index (χ4v) is 3.47. The third-order valence-electron chi connectivity index (χ3n) is 4.27. The Morgan fingerprint density at radius 1 is 1.17 bits per heavy atom. The lowest BCUT2D eigenvalue weighted by atomic mass is 10.0. The van der Waals surface area contributed by atoms with Crippen molar-refractivity contribution in [1.82, 2.24) is 15.0 Å². The first kappa shape index (κ1) is 14.2. The van der Waals surface area contributed by atoms with Crippen LogP contribution in [0.2, 0.25) is 5.15 Å². The highest BCUT2D eigenvalue weighted by Crippen LogP contribution is 2.33. The number of fused-ring (bicyclic) bond motifs is 3. The van der Waals surface area contributed by atoms with E-state index in [4.69, 9.17) is 16.1 Å². The fraction of sp³-hybridized carbons (Fsp3) is 0.235. The number of aromatic nitrogens is 4. The molecule has 3 heterocycles. The van der Waals surface area contributed by atoms with Gasteiger partial charge in [-0.1, -0.05) is 23.7 Å². The third kappa shape index (κ3) is 2.04. The zero-order chi connectivity index (χ0) is 16.3. The molecular formula is C17H16ClN4O+. The van der Waals surface area contributed by atoms with Crippen LogP contribution in [0.15, 0.2) is 22.7 Å². The van der Waals surface area contributed by atoms with Gasteiger partial charge in [-0.2, -0.15) is 0 Å². The van der Waals surface area contributed by atoms with E-state index in [1.165, 1.54) is 0 Å². The number of nitrogens with zero attached hydrogens (tertiary/aromatic N) is 3. The lowest BCUT2D eigenvalue weighted by Crippen LogP contribution is -2.27. The Kier molecular flexibility index (Phi) is 2.96. The standard InChI is InChI=1S/C17H16ClN4O/c1-8-14(9(2)23-22(8)4)11-5-6-12-13(7-11)21-17-15(12)16(18)19-10(3)20-17/h5-7H,1-4H3,(H,19,20,21)/q+1. The van der Waals surface area contributed by atoms with Crippen LogP contribution in [-0.2, 0) is 7.05 Å². The summed E-state index contributed by atoms with van der Waals surface area (Å²) < 4.78 is 7.45. The minimum atomic E-state index is 0.480. The van der Waals surface area contributed by atoms with Gasteiger partial charge in [-0.15, -0.1) is 0 Å². The summed E-state index contributed by atoms with van der Waals surface area (Å²) in [6, 6.07) is 6.24. The molecule has 0 saturated heterocycles. The van der Waals surface area contributed by atoms with Gasteiger partial charge in [0, 0.05) is 24.8 Å². The molecule has 0 fully saturated rings. The van der Waals surface area contributed by atoms with Crippen molar-refractivity contribution in [1.29, 1.82) is 0 Å². The van der Waals surface area contributed by atoms with E-state index in [-0.39, 0.29) is 0 Å². The molecule has 4 aromatic rings. The first-order valence-electron chi connectivity index (χ1n) is 7.38. The molecule has 3 aromatic heterocycles. The van der Waals surface area contributed by atoms with Gasteiger partial charge in [0.15, 0.2) is 12.8 Å². The summed E-state index contributed by atoms with van der Waals surface area (Å²) in [4.78, 5) is 12.0. The van der Waals surface area contributed by atoms with Crippen LogP contribution in [-0.4, -0.2) is 15.0 Å². The molecule has 23 heavy (non-hydrogen) atoms. The van der Waals surface area contributed by atoms with Gasteiger partial charge in [-0.05, 0) is 23.3 Å². The predicted octanol–water partition coefficient (Wildman–Crippen LogP) is 3.77. The molecule has 0 unspecified atom stereocenters. The summed E-state index contributed by atoms with van der Waals surface area (Å²) in [5.41, 5.74) is 5.06. The fourth-order valence-electron chi connectivity index (χ4n) is 3.16. The lowest BCUT2D eigenvalue weighted by molar-refractivity contribution is -0.850. The maximum absolute atomic E-state index is 6.30. The zero-order valence-corrected chi connectivity index (χ0v) is 14.1. The quantitative estimate of drug-likeness (QED) is 0.427. The van der Waals surface area contributed by atoms with E-state index >= 15 is 0 Å². The van der Waals surface area contributed by atoms with E-state index < -0.39 is 0 Å². The molecule has 0 aliphatic carbocycles. The molecule has 5 nitrogen and oxygen atoms in total. The van der Waals surface area contributed by atoms with Crippen molar-refractivity contribution >= 4 is 33.5 Å². The van der Waals surface area contributed by atoms with Gasteiger partial charge in [0.1, 0.15) is 16.6 Å². The van der Waals surface area contributed by atoms with E-state index in [1.807, 2.05) is 27.8 Å². The maximum atomic E-state index is 6.30. The van der Waals surface area contributed by atoms with Gasteiger partial charge in [-0.3, -0.25) is 0 Å². The predicted molar refractivity (Wildman–Crippen MR) is 89.5 cm³/mol. The van der Waals surface area contributed by atoms with E-state index in [0.717, 1.165) is 44.5 Å². The van der Waals surface area contributed by atoms with Gasteiger partial charge in [0.2, 0.25) is 5.69 Å². The van der Waals surface area contributed by atoms with Crippen LogP contribution in [0.25, 0.3) is 33.1 Å². The monoisotopic (exact) mass is 327 g/mol. The van der Waals surface area contributed by atoms with Gasteiger partial charge in [-0.25, -0.2) is 14.5 Å². The number of aromatic amines is 1. The summed E-state index contributed by atoms with van der Waals surface area (Å²) in [5.74, 6) is 1.55. The molecule has 0 amide bonds. The largest absolute Gasteiger partial charge is 0.339 e. The minimum Gasteiger partial charge on any atom is -0.339 e. The average molecular weight is 328 g/mol. The molecule has 0 spiro atoms. The number of benzene rings is 1. The molecule has 0 atom stereocenters. The summed E-state index contributed by atoms with van der Waals surface area (Å²) in [6.45, 7) is 5.86. The van der Waals surface area contributed by atoms with E-state index in [9.17, 15) is 0 Å². The van der Waals surface area contributed by atoms with Gasteiger partial charge in [0.25, 0.3) is 0 Å². The van der Waals surface area contributed by atoms with Crippen molar-refractivity contribution in [3.63, 3.8) is 0 Å². The van der Waals surface area contributed by atoms with E-state index in [0.29, 0.717) is 11.0 Å². The molecule has 0 radical (unpaired) electrons. The number of rotatable bonds is 1. The van der Waals surface area contributed by atoms with Crippen LogP contribution in [0.5, 0.6) is 0 Å². The number of nitrogens with one attached hydrogen (secondary N) is 1. The Hall–Kier alpha value is -2.40. The lowest BCUT2D eigenvalue weighted by Gasteiger charge is -1.99. The van der Waals surface area contributed by atoms with Gasteiger partial charge in [0.05, 0.1) is 10.9 Å². The summed E-state index contributed by atoms with van der Waals surface area (Å²) >= 11 is 6.30. The average Bonchev–Trinajstić information content (AvgIpc) is 2.95. The highest BCUT2D eigenvalue weighted by Gasteiger charge is 2.21. The SMILES string of the molecule is Cc1nc(Cl)c2c(n1)[nH]c1cc(-c3c(C)o[n+](C)c3C)ccc12. The summed E-state index contributed by atoms with van der Waals surface area (Å²) in [5, 5.41) is 2.37. The van der Waals surface area contributed by atoms with Crippen molar-refractivity contribution < 1.29 is 9.26 Å². The Morgan fingerprint density at radius 2 is 1.96 bits per heavy atom. The molecule has 0 aliphatic rings. The van der Waals surface area contributed by atoms with E-state index in [1.54, 1.807) is 4.74 Å². The number of halogens is 1. The molecule has 4 rings (SSSR count). The smallest absolute Gasteiger partial charge is 0.236 e. The number of hydrogen-bond acceptors (Lipinski definition) is 3. The maximum Gasteiger partial charge on any atom is 0.236 e. The highest BCUT2D eigenvalue weighted by atomic mass is 35.5. The molecule has 0 aliphatic heterocycles. The molecule has 0 saturated carbocycles. The van der Waals surface area contributed by atoms with E-state index in [2.05, 4.69) is 33.2 Å². The van der Waals surface area contributed by atoms with Crippen LogP contribution in [0.3, 0.4) is 0 Å². The minimum absolute atomic E-state index is 0.480. The topological polar surface area (TPSA) is 58.6 Å². The third-order valence-corrected chi connectivity index (χ3v) is 4.54. The normalized spacial score (nSPS) is 11.7. The second kappa shape index (κ2) is 4.80. The highest BCUT2D eigenvalue weighted by molar-refractivity contribution is 6.36. The zero-order valence-electron chi connectivity index (χ0n) is 13.4. The van der Waals surface area contributed by atoms with Crippen molar-refractivity contribution in [3.8, 4) is 11.1 Å².